The van der Waals surface area contributed by atoms with Crippen molar-refractivity contribution in [1.29, 1.82) is 0 Å². The fourth-order valence-electron chi connectivity index (χ4n) is 1.72. The Labute approximate surface area is 106 Å². The molecule has 1 heterocycles. The van der Waals surface area contributed by atoms with Gasteiger partial charge in [-0.3, -0.25) is 4.68 Å². The Kier molecular flexibility index (Phi) is 3.52. The lowest BCUT2D eigenvalue weighted by atomic mass is 10.1. The zero-order chi connectivity index (χ0) is 13.0. The number of benzene rings is 1. The summed E-state index contributed by atoms with van der Waals surface area (Å²) in [6.07, 6.45) is 3.89. The van der Waals surface area contributed by atoms with Gasteiger partial charge in [0.15, 0.2) is 0 Å². The Hall–Kier alpha value is -2.43. The number of nitrogens with one attached hydrogen (secondary N) is 2. The van der Waals surface area contributed by atoms with Crippen molar-refractivity contribution >= 4 is 11.7 Å². The highest BCUT2D eigenvalue weighted by molar-refractivity contribution is 5.87. The van der Waals surface area contributed by atoms with Gasteiger partial charge in [-0.2, -0.15) is 0 Å². The second-order valence-corrected chi connectivity index (χ2v) is 4.05. The topological polar surface area (TPSA) is 72.1 Å². The molecule has 2 aromatic rings. The third-order valence-corrected chi connectivity index (χ3v) is 2.63. The van der Waals surface area contributed by atoms with E-state index in [1.54, 1.807) is 0 Å². The van der Waals surface area contributed by atoms with Crippen molar-refractivity contribution in [1.82, 2.24) is 4.68 Å². The van der Waals surface area contributed by atoms with Crippen molar-refractivity contribution < 1.29 is 4.79 Å². The van der Waals surface area contributed by atoms with Crippen molar-refractivity contribution in [3.63, 3.8) is 0 Å². The molecule has 0 bridgehead atoms. The van der Waals surface area contributed by atoms with E-state index in [4.69, 9.17) is 5.73 Å². The van der Waals surface area contributed by atoms with Gasteiger partial charge in [0.2, 0.25) is 0 Å². The van der Waals surface area contributed by atoms with Gasteiger partial charge < -0.3 is 16.5 Å². The highest BCUT2D eigenvalue weighted by Crippen LogP contribution is 2.16. The number of amides is 2. The van der Waals surface area contributed by atoms with E-state index in [9.17, 15) is 4.79 Å². The predicted octanol–water partition coefficient (Wildman–Crippen LogP) is 2.28. The molecule has 0 spiro atoms. The van der Waals surface area contributed by atoms with E-state index in [0.717, 1.165) is 5.56 Å². The van der Waals surface area contributed by atoms with Gasteiger partial charge in [-0.25, -0.2) is 4.79 Å². The first kappa shape index (κ1) is 12.0. The quantitative estimate of drug-likeness (QED) is 0.772. The summed E-state index contributed by atoms with van der Waals surface area (Å²) in [5.41, 5.74) is 10.2. The maximum atomic E-state index is 10.7. The smallest absolute Gasteiger partial charge is 0.316 e. The largest absolute Gasteiger partial charge is 0.351 e. The van der Waals surface area contributed by atoms with Crippen LogP contribution in [0.1, 0.15) is 18.5 Å². The van der Waals surface area contributed by atoms with E-state index in [-0.39, 0.29) is 6.04 Å². The van der Waals surface area contributed by atoms with Crippen LogP contribution in [0, 0.1) is 0 Å². The van der Waals surface area contributed by atoms with Gasteiger partial charge >= 0.3 is 6.03 Å². The molecule has 1 unspecified atom stereocenters. The Balaban J connectivity index is 2.02. The predicted molar refractivity (Wildman–Crippen MR) is 71.9 cm³/mol. The number of carbonyl (C=O) groups excluding carboxylic acids is 1. The molecule has 0 aliphatic heterocycles. The van der Waals surface area contributed by atoms with E-state index in [0.29, 0.717) is 5.69 Å². The number of rotatable bonds is 4. The van der Waals surface area contributed by atoms with Crippen molar-refractivity contribution in [2.24, 2.45) is 5.73 Å². The average Bonchev–Trinajstić information content (AvgIpc) is 2.82. The third-order valence-electron chi connectivity index (χ3n) is 2.63. The summed E-state index contributed by atoms with van der Waals surface area (Å²) < 4.78 is 1.90. The van der Waals surface area contributed by atoms with E-state index in [1.165, 1.54) is 0 Å². The molecule has 0 fully saturated rings. The fourth-order valence-corrected chi connectivity index (χ4v) is 1.72. The van der Waals surface area contributed by atoms with Gasteiger partial charge in [-0.15, -0.1) is 0 Å². The monoisotopic (exact) mass is 244 g/mol. The van der Waals surface area contributed by atoms with Crippen molar-refractivity contribution in [3.05, 3.63) is 54.4 Å². The minimum absolute atomic E-state index is 0.167. The van der Waals surface area contributed by atoms with E-state index in [2.05, 4.69) is 17.7 Å². The lowest BCUT2D eigenvalue weighted by Crippen LogP contribution is -2.19. The number of nitrogens with two attached hydrogens (primary N) is 1. The van der Waals surface area contributed by atoms with Crippen molar-refractivity contribution in [3.8, 4) is 0 Å². The molecule has 0 saturated heterocycles. The summed E-state index contributed by atoms with van der Waals surface area (Å²) in [6, 6.07) is 11.1. The van der Waals surface area contributed by atoms with Crippen LogP contribution in [0.15, 0.2) is 48.8 Å². The summed E-state index contributed by atoms with van der Waals surface area (Å²) in [7, 11) is 0. The van der Waals surface area contributed by atoms with Crippen LogP contribution in [0.25, 0.3) is 0 Å². The Bertz CT molecular complexity index is 504. The van der Waals surface area contributed by atoms with Crippen LogP contribution in [-0.4, -0.2) is 10.7 Å². The Morgan fingerprint density at radius 2 is 1.83 bits per heavy atom. The maximum absolute atomic E-state index is 10.7. The van der Waals surface area contributed by atoms with Gasteiger partial charge in [0, 0.05) is 18.1 Å². The van der Waals surface area contributed by atoms with E-state index >= 15 is 0 Å². The van der Waals surface area contributed by atoms with Crippen molar-refractivity contribution in [2.45, 2.75) is 13.0 Å². The molecule has 0 aliphatic carbocycles. The number of primary amides is 1. The van der Waals surface area contributed by atoms with Crippen LogP contribution in [0.5, 0.6) is 0 Å². The fraction of sp³-hybridized carbons (Fsp3) is 0.154. The molecule has 2 amide bonds. The van der Waals surface area contributed by atoms with Crippen LogP contribution in [0.2, 0.25) is 0 Å². The summed E-state index contributed by atoms with van der Waals surface area (Å²) >= 11 is 0. The number of carbonyl (C=O) groups is 1. The number of hydrogen-bond donors (Lipinski definition) is 3. The van der Waals surface area contributed by atoms with E-state index in [1.807, 2.05) is 53.5 Å². The summed E-state index contributed by atoms with van der Waals surface area (Å²) in [6.45, 7) is 2.07. The summed E-state index contributed by atoms with van der Waals surface area (Å²) in [4.78, 5) is 10.7. The lowest BCUT2D eigenvalue weighted by molar-refractivity contribution is 0.259. The highest BCUT2D eigenvalue weighted by atomic mass is 16.2. The van der Waals surface area contributed by atoms with Crippen LogP contribution < -0.4 is 16.5 Å². The molecular formula is C13H16N4O. The molecule has 0 saturated carbocycles. The zero-order valence-corrected chi connectivity index (χ0v) is 10.1. The van der Waals surface area contributed by atoms with Crippen LogP contribution in [-0.2, 0) is 0 Å². The SMILES string of the molecule is CC(Nn1cccc1)c1ccc(NC(N)=O)cc1. The number of urea groups is 1. The molecule has 1 atom stereocenters. The minimum Gasteiger partial charge on any atom is -0.351 e. The number of hydrogen-bond acceptors (Lipinski definition) is 2. The molecule has 5 nitrogen and oxygen atoms in total. The van der Waals surface area contributed by atoms with Gasteiger partial charge in [0.1, 0.15) is 0 Å². The highest BCUT2D eigenvalue weighted by Gasteiger charge is 2.04. The number of nitrogens with zero attached hydrogens (tertiary/aromatic N) is 1. The van der Waals surface area contributed by atoms with Gasteiger partial charge in [-0.1, -0.05) is 12.1 Å². The lowest BCUT2D eigenvalue weighted by Gasteiger charge is -2.16. The molecule has 1 aromatic carbocycles. The molecule has 94 valence electrons. The molecule has 0 radical (unpaired) electrons. The standard InChI is InChI=1S/C13H16N4O/c1-10(16-17-8-2-3-9-17)11-4-6-12(7-5-11)15-13(14)18/h2-10,16H,1H3,(H3,14,15,18). The molecule has 18 heavy (non-hydrogen) atoms. The first-order valence-corrected chi connectivity index (χ1v) is 5.71. The molecule has 5 heteroatoms. The normalized spacial score (nSPS) is 11.8. The van der Waals surface area contributed by atoms with Crippen molar-refractivity contribution in [2.75, 3.05) is 10.7 Å². The van der Waals surface area contributed by atoms with Crippen LogP contribution >= 0.6 is 0 Å². The molecular weight excluding hydrogens is 228 g/mol. The maximum Gasteiger partial charge on any atom is 0.316 e. The molecule has 0 aliphatic rings. The first-order chi connectivity index (χ1) is 8.65. The van der Waals surface area contributed by atoms with E-state index < -0.39 is 6.03 Å². The minimum atomic E-state index is -0.554. The number of aromatic nitrogens is 1. The van der Waals surface area contributed by atoms with Crippen LogP contribution in [0.4, 0.5) is 10.5 Å². The second kappa shape index (κ2) is 5.27. The van der Waals surface area contributed by atoms with Crippen LogP contribution in [0.3, 0.4) is 0 Å². The Morgan fingerprint density at radius 3 is 2.39 bits per heavy atom. The molecule has 4 N–H and O–H groups in total. The Morgan fingerprint density at radius 1 is 1.22 bits per heavy atom. The summed E-state index contributed by atoms with van der Waals surface area (Å²) in [5.74, 6) is 0. The first-order valence-electron chi connectivity index (χ1n) is 5.71. The van der Waals surface area contributed by atoms with Gasteiger partial charge in [-0.05, 0) is 36.8 Å². The summed E-state index contributed by atoms with van der Waals surface area (Å²) in [5, 5.41) is 2.53. The number of anilines is 1. The average molecular weight is 244 g/mol. The van der Waals surface area contributed by atoms with Gasteiger partial charge in [0.05, 0.1) is 6.04 Å². The third kappa shape index (κ3) is 3.04. The zero-order valence-electron chi connectivity index (χ0n) is 10.1. The molecule has 2 rings (SSSR count). The molecule has 1 aromatic heterocycles. The van der Waals surface area contributed by atoms with Gasteiger partial charge in [0.25, 0.3) is 0 Å². The second-order valence-electron chi connectivity index (χ2n) is 4.05.